The van der Waals surface area contributed by atoms with Gasteiger partial charge in [0.25, 0.3) is 0 Å². The molecule has 0 atom stereocenters. The van der Waals surface area contributed by atoms with E-state index in [0.717, 1.165) is 19.5 Å². The zero-order valence-electron chi connectivity index (χ0n) is 15.7. The van der Waals surface area contributed by atoms with Crippen molar-refractivity contribution in [2.45, 2.75) is 48.0 Å². The van der Waals surface area contributed by atoms with Crippen LogP contribution in [0, 0.1) is 27.9 Å². The second-order valence-corrected chi connectivity index (χ2v) is 7.45. The highest BCUT2D eigenvalue weighted by atomic mass is 16.6. The summed E-state index contributed by atoms with van der Waals surface area (Å²) in [5, 5.41) is 14.8. The van der Waals surface area contributed by atoms with Crippen molar-refractivity contribution < 1.29 is 4.92 Å². The second-order valence-electron chi connectivity index (χ2n) is 7.45. The van der Waals surface area contributed by atoms with Crippen LogP contribution in [-0.2, 0) is 0 Å². The molecular formula is C17H31N5O2. The van der Waals surface area contributed by atoms with Crippen LogP contribution in [0.15, 0.2) is 6.33 Å². The molecule has 1 aromatic rings. The van der Waals surface area contributed by atoms with Crippen molar-refractivity contribution in [3.8, 4) is 0 Å². The Morgan fingerprint density at radius 3 is 2.12 bits per heavy atom. The summed E-state index contributed by atoms with van der Waals surface area (Å²) >= 11 is 0. The fourth-order valence-electron chi connectivity index (χ4n) is 2.51. The Morgan fingerprint density at radius 1 is 1.08 bits per heavy atom. The van der Waals surface area contributed by atoms with Crippen LogP contribution in [0.25, 0.3) is 0 Å². The lowest BCUT2D eigenvalue weighted by atomic mass is 10.1. The van der Waals surface area contributed by atoms with Gasteiger partial charge in [0.05, 0.1) is 4.92 Å². The van der Waals surface area contributed by atoms with Gasteiger partial charge in [0.15, 0.2) is 0 Å². The number of anilines is 2. The molecular weight excluding hydrogens is 306 g/mol. The van der Waals surface area contributed by atoms with Crippen LogP contribution in [-0.4, -0.2) is 34.5 Å². The molecule has 0 radical (unpaired) electrons. The van der Waals surface area contributed by atoms with Crippen LogP contribution in [0.2, 0.25) is 0 Å². The quantitative estimate of drug-likeness (QED) is 0.514. The number of nitrogens with one attached hydrogen (secondary N) is 1. The summed E-state index contributed by atoms with van der Waals surface area (Å²) in [4.78, 5) is 21.7. The first-order valence-electron chi connectivity index (χ1n) is 8.70. The summed E-state index contributed by atoms with van der Waals surface area (Å²) in [5.41, 5.74) is -0.0254. The van der Waals surface area contributed by atoms with Crippen LogP contribution in [0.5, 0.6) is 0 Å². The van der Waals surface area contributed by atoms with Crippen molar-refractivity contribution in [3.63, 3.8) is 0 Å². The maximum atomic E-state index is 11.7. The van der Waals surface area contributed by atoms with Gasteiger partial charge >= 0.3 is 5.69 Å². The minimum atomic E-state index is -0.374. The van der Waals surface area contributed by atoms with E-state index in [1.807, 2.05) is 4.90 Å². The standard InChI is InChI=1S/C17H31N5O2/c1-12(2)7-8-18-16-15(22(23)24)17(20-11-19-16)21(9-13(3)4)10-14(5)6/h11-14H,7-10H2,1-6H3,(H,18,19,20). The second kappa shape index (κ2) is 9.39. The molecule has 1 heterocycles. The molecule has 0 amide bonds. The minimum Gasteiger partial charge on any atom is -0.364 e. The predicted octanol–water partition coefficient (Wildman–Crippen LogP) is 3.96. The van der Waals surface area contributed by atoms with Crippen molar-refractivity contribution in [1.82, 2.24) is 9.97 Å². The van der Waals surface area contributed by atoms with Gasteiger partial charge in [-0.15, -0.1) is 0 Å². The molecule has 0 spiro atoms. The third-order valence-corrected chi connectivity index (χ3v) is 3.47. The Kier molecular flexibility index (Phi) is 7.88. The van der Waals surface area contributed by atoms with Gasteiger partial charge in [-0.1, -0.05) is 41.5 Å². The molecule has 0 saturated carbocycles. The normalized spacial score (nSPS) is 11.4. The molecule has 0 unspecified atom stereocenters. The number of hydrogen-bond acceptors (Lipinski definition) is 6. The highest BCUT2D eigenvalue weighted by Gasteiger charge is 2.27. The largest absolute Gasteiger partial charge is 0.364 e. The maximum Gasteiger partial charge on any atom is 0.353 e. The first kappa shape index (κ1) is 20.1. The highest BCUT2D eigenvalue weighted by molar-refractivity contribution is 5.70. The van der Waals surface area contributed by atoms with E-state index in [9.17, 15) is 10.1 Å². The van der Waals surface area contributed by atoms with Gasteiger partial charge < -0.3 is 10.2 Å². The van der Waals surface area contributed by atoms with E-state index in [2.05, 4.69) is 56.8 Å². The monoisotopic (exact) mass is 337 g/mol. The predicted molar refractivity (Wildman–Crippen MR) is 98.5 cm³/mol. The first-order valence-corrected chi connectivity index (χ1v) is 8.70. The van der Waals surface area contributed by atoms with Crippen molar-refractivity contribution in [3.05, 3.63) is 16.4 Å². The lowest BCUT2D eigenvalue weighted by Crippen LogP contribution is -2.33. The molecule has 0 aliphatic heterocycles. The van der Waals surface area contributed by atoms with Gasteiger partial charge in [-0.25, -0.2) is 9.97 Å². The Balaban J connectivity index is 3.16. The van der Waals surface area contributed by atoms with Gasteiger partial charge in [-0.05, 0) is 24.2 Å². The van der Waals surface area contributed by atoms with Gasteiger partial charge in [0.1, 0.15) is 6.33 Å². The average Bonchev–Trinajstić information content (AvgIpc) is 2.44. The summed E-state index contributed by atoms with van der Waals surface area (Å²) in [6, 6.07) is 0. The SMILES string of the molecule is CC(C)CCNc1ncnc(N(CC(C)C)CC(C)C)c1[N+](=O)[O-]. The molecule has 0 aliphatic carbocycles. The smallest absolute Gasteiger partial charge is 0.353 e. The van der Waals surface area contributed by atoms with Gasteiger partial charge in [-0.2, -0.15) is 0 Å². The van der Waals surface area contributed by atoms with Gasteiger partial charge in [0.2, 0.25) is 11.6 Å². The van der Waals surface area contributed by atoms with Crippen LogP contribution in [0.1, 0.15) is 48.0 Å². The van der Waals surface area contributed by atoms with Crippen LogP contribution >= 0.6 is 0 Å². The third-order valence-electron chi connectivity index (χ3n) is 3.47. The molecule has 1 aromatic heterocycles. The van der Waals surface area contributed by atoms with Crippen molar-refractivity contribution in [1.29, 1.82) is 0 Å². The molecule has 24 heavy (non-hydrogen) atoms. The van der Waals surface area contributed by atoms with Crippen molar-refractivity contribution in [2.24, 2.45) is 17.8 Å². The van der Waals surface area contributed by atoms with E-state index in [0.29, 0.717) is 35.9 Å². The summed E-state index contributed by atoms with van der Waals surface area (Å²) in [7, 11) is 0. The molecule has 0 aliphatic rings. The van der Waals surface area contributed by atoms with Crippen molar-refractivity contribution >= 4 is 17.3 Å². The van der Waals surface area contributed by atoms with E-state index in [-0.39, 0.29) is 10.6 Å². The van der Waals surface area contributed by atoms with E-state index in [1.165, 1.54) is 6.33 Å². The number of rotatable bonds is 10. The number of aromatic nitrogens is 2. The average molecular weight is 337 g/mol. The zero-order chi connectivity index (χ0) is 18.3. The highest BCUT2D eigenvalue weighted by Crippen LogP contribution is 2.32. The summed E-state index contributed by atoms with van der Waals surface area (Å²) in [5.74, 6) is 2.01. The zero-order valence-corrected chi connectivity index (χ0v) is 15.7. The summed E-state index contributed by atoms with van der Waals surface area (Å²) < 4.78 is 0. The third kappa shape index (κ3) is 6.29. The molecule has 1 N–H and O–H groups in total. The fourth-order valence-corrected chi connectivity index (χ4v) is 2.51. The lowest BCUT2D eigenvalue weighted by Gasteiger charge is -2.27. The molecule has 136 valence electrons. The Labute approximate surface area is 145 Å². The van der Waals surface area contributed by atoms with Gasteiger partial charge in [0, 0.05) is 19.6 Å². The first-order chi connectivity index (χ1) is 11.2. The van der Waals surface area contributed by atoms with Crippen LogP contribution in [0.4, 0.5) is 17.3 Å². The van der Waals surface area contributed by atoms with Crippen molar-refractivity contribution in [2.75, 3.05) is 29.9 Å². The van der Waals surface area contributed by atoms with E-state index < -0.39 is 0 Å². The molecule has 7 nitrogen and oxygen atoms in total. The fraction of sp³-hybridized carbons (Fsp3) is 0.765. The van der Waals surface area contributed by atoms with Crippen LogP contribution in [0.3, 0.4) is 0 Å². The minimum absolute atomic E-state index is 0.0254. The van der Waals surface area contributed by atoms with Crippen LogP contribution < -0.4 is 10.2 Å². The summed E-state index contributed by atoms with van der Waals surface area (Å²) in [6.07, 6.45) is 2.34. The van der Waals surface area contributed by atoms with E-state index in [1.54, 1.807) is 0 Å². The molecule has 0 aromatic carbocycles. The molecule has 0 fully saturated rings. The molecule has 7 heteroatoms. The topological polar surface area (TPSA) is 84.2 Å². The number of nitrogens with zero attached hydrogens (tertiary/aromatic N) is 4. The lowest BCUT2D eigenvalue weighted by molar-refractivity contribution is -0.383. The van der Waals surface area contributed by atoms with E-state index in [4.69, 9.17) is 0 Å². The Hall–Kier alpha value is -1.92. The summed E-state index contributed by atoms with van der Waals surface area (Å²) in [6.45, 7) is 14.7. The Morgan fingerprint density at radius 2 is 1.67 bits per heavy atom. The molecule has 1 rings (SSSR count). The molecule has 0 bridgehead atoms. The number of hydrogen-bond donors (Lipinski definition) is 1. The molecule has 0 saturated heterocycles. The van der Waals surface area contributed by atoms with E-state index >= 15 is 0 Å². The maximum absolute atomic E-state index is 11.7. The number of nitro groups is 1. The Bertz CT molecular complexity index is 522. The van der Waals surface area contributed by atoms with Gasteiger partial charge in [-0.3, -0.25) is 10.1 Å².